The number of nitrogens with two attached hydrogens (primary N) is 1. The Morgan fingerprint density at radius 3 is 2.79 bits per heavy atom. The second-order valence-electron chi connectivity index (χ2n) is 4.36. The number of nitrogen functional groups attached to an aromatic ring is 1. The van der Waals surface area contributed by atoms with E-state index in [1.807, 2.05) is 0 Å². The Bertz CT molecular complexity index is 515. The van der Waals surface area contributed by atoms with Crippen LogP contribution < -0.4 is 15.4 Å². The number of methoxy groups -OCH3 is 2. The van der Waals surface area contributed by atoms with Crippen molar-refractivity contribution in [2.45, 2.75) is 6.42 Å². The molecule has 1 atom stereocenters. The van der Waals surface area contributed by atoms with Crippen LogP contribution in [0.4, 0.5) is 11.4 Å². The van der Waals surface area contributed by atoms with Crippen molar-refractivity contribution < 1.29 is 19.1 Å². The molecule has 19 heavy (non-hydrogen) atoms. The third-order valence-electron chi connectivity index (χ3n) is 3.15. The highest BCUT2D eigenvalue weighted by Crippen LogP contribution is 2.34. The summed E-state index contributed by atoms with van der Waals surface area (Å²) in [5.74, 6) is -0.408. The van der Waals surface area contributed by atoms with Gasteiger partial charge in [-0.25, -0.2) is 0 Å². The number of esters is 1. The van der Waals surface area contributed by atoms with Crippen LogP contribution in [0.5, 0.6) is 5.75 Å². The van der Waals surface area contributed by atoms with E-state index in [1.165, 1.54) is 19.1 Å². The van der Waals surface area contributed by atoms with E-state index in [9.17, 15) is 9.59 Å². The molecule has 0 saturated carbocycles. The average Bonchev–Trinajstić information content (AvgIpc) is 2.79. The lowest BCUT2D eigenvalue weighted by molar-refractivity contribution is -0.145. The van der Waals surface area contributed by atoms with Gasteiger partial charge in [-0.2, -0.15) is 0 Å². The quantitative estimate of drug-likeness (QED) is 0.645. The van der Waals surface area contributed by atoms with Gasteiger partial charge in [0.25, 0.3) is 0 Å². The van der Waals surface area contributed by atoms with Crippen molar-refractivity contribution in [3.05, 3.63) is 18.2 Å². The number of amides is 1. The molecule has 1 aliphatic heterocycles. The smallest absolute Gasteiger partial charge is 0.311 e. The van der Waals surface area contributed by atoms with Gasteiger partial charge in [-0.3, -0.25) is 9.59 Å². The number of carbonyl (C=O) groups excluding carboxylic acids is 2. The van der Waals surface area contributed by atoms with Crippen LogP contribution in [0.3, 0.4) is 0 Å². The first-order valence-electron chi connectivity index (χ1n) is 5.88. The largest absolute Gasteiger partial charge is 0.495 e. The maximum atomic E-state index is 12.0. The Hall–Kier alpha value is -2.24. The Morgan fingerprint density at radius 2 is 2.16 bits per heavy atom. The number of benzene rings is 1. The molecule has 0 aliphatic carbocycles. The Balaban J connectivity index is 2.30. The van der Waals surface area contributed by atoms with Crippen molar-refractivity contribution in [3.63, 3.8) is 0 Å². The van der Waals surface area contributed by atoms with Gasteiger partial charge >= 0.3 is 5.97 Å². The van der Waals surface area contributed by atoms with Gasteiger partial charge in [0.15, 0.2) is 0 Å². The van der Waals surface area contributed by atoms with Crippen molar-refractivity contribution in [1.82, 2.24) is 0 Å². The monoisotopic (exact) mass is 264 g/mol. The molecule has 1 amide bonds. The fourth-order valence-electron chi connectivity index (χ4n) is 2.18. The van der Waals surface area contributed by atoms with E-state index in [0.717, 1.165) is 0 Å². The zero-order chi connectivity index (χ0) is 14.0. The topological polar surface area (TPSA) is 81.9 Å². The maximum Gasteiger partial charge on any atom is 0.311 e. The minimum atomic E-state index is -0.441. The van der Waals surface area contributed by atoms with E-state index in [-0.39, 0.29) is 24.8 Å². The van der Waals surface area contributed by atoms with Crippen LogP contribution in [0.1, 0.15) is 6.42 Å². The first-order chi connectivity index (χ1) is 9.06. The van der Waals surface area contributed by atoms with Crippen LogP contribution in [0.25, 0.3) is 0 Å². The zero-order valence-electron chi connectivity index (χ0n) is 10.9. The highest BCUT2D eigenvalue weighted by molar-refractivity contribution is 6.00. The molecule has 0 aromatic heterocycles. The lowest BCUT2D eigenvalue weighted by atomic mass is 10.1. The predicted octanol–water partition coefficient (Wildman–Crippen LogP) is 0.803. The summed E-state index contributed by atoms with van der Waals surface area (Å²) in [6, 6.07) is 5.06. The van der Waals surface area contributed by atoms with Gasteiger partial charge in [0.05, 0.1) is 25.8 Å². The molecular formula is C13H16N2O4. The second kappa shape index (κ2) is 5.17. The van der Waals surface area contributed by atoms with Gasteiger partial charge in [0.1, 0.15) is 5.75 Å². The Labute approximate surface area is 111 Å². The molecule has 1 aromatic carbocycles. The molecular weight excluding hydrogens is 248 g/mol. The van der Waals surface area contributed by atoms with E-state index >= 15 is 0 Å². The van der Waals surface area contributed by atoms with E-state index in [1.54, 1.807) is 18.2 Å². The molecule has 0 spiro atoms. The fourth-order valence-corrected chi connectivity index (χ4v) is 2.18. The first-order valence-corrected chi connectivity index (χ1v) is 5.88. The van der Waals surface area contributed by atoms with E-state index in [2.05, 4.69) is 4.74 Å². The summed E-state index contributed by atoms with van der Waals surface area (Å²) in [4.78, 5) is 25.0. The molecule has 0 radical (unpaired) electrons. The third-order valence-corrected chi connectivity index (χ3v) is 3.15. The number of ether oxygens (including phenoxy) is 2. The highest BCUT2D eigenvalue weighted by Gasteiger charge is 2.36. The summed E-state index contributed by atoms with van der Waals surface area (Å²) in [5, 5.41) is 0. The summed E-state index contributed by atoms with van der Waals surface area (Å²) >= 11 is 0. The lowest BCUT2D eigenvalue weighted by Crippen LogP contribution is -2.26. The molecule has 1 unspecified atom stereocenters. The molecule has 1 heterocycles. The molecule has 1 aromatic rings. The summed E-state index contributed by atoms with van der Waals surface area (Å²) in [6.45, 7) is 0.283. The number of hydrogen-bond acceptors (Lipinski definition) is 5. The van der Waals surface area contributed by atoms with Crippen LogP contribution in [-0.2, 0) is 14.3 Å². The molecule has 1 saturated heterocycles. The number of hydrogen-bond donors (Lipinski definition) is 1. The van der Waals surface area contributed by atoms with Crippen molar-refractivity contribution in [2.24, 2.45) is 5.92 Å². The number of carbonyl (C=O) groups is 2. The minimum absolute atomic E-state index is 0.140. The molecule has 102 valence electrons. The van der Waals surface area contributed by atoms with Crippen molar-refractivity contribution in [3.8, 4) is 5.75 Å². The minimum Gasteiger partial charge on any atom is -0.495 e. The number of nitrogens with zero attached hydrogens (tertiary/aromatic N) is 1. The van der Waals surface area contributed by atoms with Gasteiger partial charge in [0, 0.05) is 18.7 Å². The molecule has 2 rings (SSSR count). The number of rotatable bonds is 3. The molecule has 1 aliphatic rings. The van der Waals surface area contributed by atoms with Gasteiger partial charge < -0.3 is 20.1 Å². The van der Waals surface area contributed by atoms with Crippen molar-refractivity contribution in [1.29, 1.82) is 0 Å². The Kier molecular flexibility index (Phi) is 3.59. The average molecular weight is 264 g/mol. The second-order valence-corrected chi connectivity index (χ2v) is 4.36. The van der Waals surface area contributed by atoms with Crippen molar-refractivity contribution in [2.75, 3.05) is 31.4 Å². The molecule has 1 fully saturated rings. The summed E-state index contributed by atoms with van der Waals surface area (Å²) in [6.07, 6.45) is 0.143. The number of anilines is 2. The molecule has 0 bridgehead atoms. The van der Waals surface area contributed by atoms with Crippen LogP contribution in [0.15, 0.2) is 18.2 Å². The third kappa shape index (κ3) is 2.47. The van der Waals surface area contributed by atoms with Crippen LogP contribution in [-0.4, -0.2) is 32.6 Å². The standard InChI is InChI=1S/C13H16N2O4/c1-18-11-4-3-9(14)6-10(11)15-7-8(5-12(15)16)13(17)19-2/h3-4,6,8H,5,7,14H2,1-2H3. The van der Waals surface area contributed by atoms with E-state index in [4.69, 9.17) is 10.5 Å². The summed E-state index contributed by atoms with van der Waals surface area (Å²) in [7, 11) is 2.84. The van der Waals surface area contributed by atoms with Crippen LogP contribution in [0, 0.1) is 5.92 Å². The molecule has 6 nitrogen and oxygen atoms in total. The summed E-state index contributed by atoms with van der Waals surface area (Å²) in [5.41, 5.74) is 6.85. The molecule has 2 N–H and O–H groups in total. The predicted molar refractivity (Wildman–Crippen MR) is 69.9 cm³/mol. The zero-order valence-corrected chi connectivity index (χ0v) is 10.9. The van der Waals surface area contributed by atoms with Gasteiger partial charge in [-0.1, -0.05) is 0 Å². The highest BCUT2D eigenvalue weighted by atomic mass is 16.5. The lowest BCUT2D eigenvalue weighted by Gasteiger charge is -2.19. The Morgan fingerprint density at radius 1 is 1.42 bits per heavy atom. The van der Waals surface area contributed by atoms with Gasteiger partial charge in [0.2, 0.25) is 5.91 Å². The fraction of sp³-hybridized carbons (Fsp3) is 0.385. The van der Waals surface area contributed by atoms with E-state index < -0.39 is 5.92 Å². The van der Waals surface area contributed by atoms with E-state index in [0.29, 0.717) is 17.1 Å². The van der Waals surface area contributed by atoms with Gasteiger partial charge in [-0.05, 0) is 18.2 Å². The maximum absolute atomic E-state index is 12.0. The normalized spacial score (nSPS) is 18.5. The van der Waals surface area contributed by atoms with Gasteiger partial charge in [-0.15, -0.1) is 0 Å². The summed E-state index contributed by atoms with van der Waals surface area (Å²) < 4.78 is 9.89. The SMILES string of the molecule is COC(=O)C1CC(=O)N(c2cc(N)ccc2OC)C1. The molecule has 6 heteroatoms. The van der Waals surface area contributed by atoms with Crippen molar-refractivity contribution >= 4 is 23.3 Å². The van der Waals surface area contributed by atoms with Crippen LogP contribution >= 0.6 is 0 Å². The first kappa shape index (κ1) is 13.2. The van der Waals surface area contributed by atoms with Crippen LogP contribution in [0.2, 0.25) is 0 Å².